The standard InChI is InChI=1S/C13H22O/c1-9-6-7-11(14)12(9)10(2)8-13(3,4)5/h10H,6-8H2,1-5H3. The van der Waals surface area contributed by atoms with Gasteiger partial charge >= 0.3 is 0 Å². The van der Waals surface area contributed by atoms with Crippen LogP contribution in [0.5, 0.6) is 0 Å². The average molecular weight is 194 g/mol. The summed E-state index contributed by atoms with van der Waals surface area (Å²) in [6.45, 7) is 11.0. The number of rotatable bonds is 2. The number of ketones is 1. The molecule has 0 aliphatic heterocycles. The quantitative estimate of drug-likeness (QED) is 0.654. The highest BCUT2D eigenvalue weighted by atomic mass is 16.1. The van der Waals surface area contributed by atoms with Gasteiger partial charge in [-0.05, 0) is 36.7 Å². The van der Waals surface area contributed by atoms with Gasteiger partial charge in [0.1, 0.15) is 0 Å². The minimum Gasteiger partial charge on any atom is -0.295 e. The van der Waals surface area contributed by atoms with Crippen molar-refractivity contribution >= 4 is 5.78 Å². The lowest BCUT2D eigenvalue weighted by Crippen LogP contribution is -2.15. The Morgan fingerprint density at radius 2 is 1.86 bits per heavy atom. The third kappa shape index (κ3) is 2.70. The second-order valence-electron chi connectivity index (χ2n) is 5.78. The molecule has 0 aromatic carbocycles. The van der Waals surface area contributed by atoms with E-state index in [-0.39, 0.29) is 0 Å². The smallest absolute Gasteiger partial charge is 0.159 e. The van der Waals surface area contributed by atoms with Crippen LogP contribution in [0.15, 0.2) is 11.1 Å². The van der Waals surface area contributed by atoms with Gasteiger partial charge in [-0.3, -0.25) is 4.79 Å². The van der Waals surface area contributed by atoms with E-state index in [0.717, 1.165) is 24.8 Å². The van der Waals surface area contributed by atoms with Crippen molar-refractivity contribution in [3.63, 3.8) is 0 Å². The highest BCUT2D eigenvalue weighted by Crippen LogP contribution is 2.34. The van der Waals surface area contributed by atoms with Crippen LogP contribution in [-0.4, -0.2) is 5.78 Å². The molecule has 1 rings (SSSR count). The Kier molecular flexibility index (Phi) is 3.18. The van der Waals surface area contributed by atoms with Crippen molar-refractivity contribution in [1.29, 1.82) is 0 Å². The Hall–Kier alpha value is -0.590. The van der Waals surface area contributed by atoms with Crippen LogP contribution in [0, 0.1) is 11.3 Å². The molecule has 1 heteroatoms. The maximum atomic E-state index is 11.7. The summed E-state index contributed by atoms with van der Waals surface area (Å²) in [4.78, 5) is 11.7. The van der Waals surface area contributed by atoms with Crippen molar-refractivity contribution in [3.05, 3.63) is 11.1 Å². The van der Waals surface area contributed by atoms with Crippen LogP contribution in [0.2, 0.25) is 0 Å². The summed E-state index contributed by atoms with van der Waals surface area (Å²) in [5, 5.41) is 0. The van der Waals surface area contributed by atoms with Gasteiger partial charge < -0.3 is 0 Å². The molecule has 0 aromatic rings. The molecule has 0 fully saturated rings. The van der Waals surface area contributed by atoms with Gasteiger partial charge in [-0.1, -0.05) is 33.3 Å². The molecule has 80 valence electrons. The lowest BCUT2D eigenvalue weighted by atomic mass is 9.81. The molecule has 0 saturated heterocycles. The van der Waals surface area contributed by atoms with Crippen LogP contribution >= 0.6 is 0 Å². The van der Waals surface area contributed by atoms with Gasteiger partial charge in [0.05, 0.1) is 0 Å². The molecule has 0 spiro atoms. The van der Waals surface area contributed by atoms with Crippen LogP contribution in [0.3, 0.4) is 0 Å². The Bertz CT molecular complexity index is 265. The molecule has 0 amide bonds. The second-order valence-corrected chi connectivity index (χ2v) is 5.78. The zero-order valence-electron chi connectivity index (χ0n) is 10.1. The van der Waals surface area contributed by atoms with E-state index in [1.54, 1.807) is 0 Å². The summed E-state index contributed by atoms with van der Waals surface area (Å²) < 4.78 is 0. The molecule has 0 radical (unpaired) electrons. The third-order valence-electron chi connectivity index (χ3n) is 2.90. The largest absolute Gasteiger partial charge is 0.295 e. The minimum absolute atomic E-state index is 0.315. The molecule has 1 atom stereocenters. The lowest BCUT2D eigenvalue weighted by molar-refractivity contribution is -0.115. The van der Waals surface area contributed by atoms with Crippen LogP contribution in [0.4, 0.5) is 0 Å². The Morgan fingerprint density at radius 1 is 1.29 bits per heavy atom. The normalized spacial score (nSPS) is 20.5. The van der Waals surface area contributed by atoms with Crippen molar-refractivity contribution in [2.45, 2.75) is 53.9 Å². The molecule has 1 aliphatic rings. The zero-order valence-corrected chi connectivity index (χ0v) is 10.1. The van der Waals surface area contributed by atoms with Gasteiger partial charge in [0, 0.05) is 6.42 Å². The molecule has 14 heavy (non-hydrogen) atoms. The molecule has 1 unspecified atom stereocenters. The Balaban J connectivity index is 2.74. The first kappa shape index (κ1) is 11.5. The van der Waals surface area contributed by atoms with E-state index in [9.17, 15) is 4.79 Å². The summed E-state index contributed by atoms with van der Waals surface area (Å²) in [7, 11) is 0. The average Bonchev–Trinajstić information content (AvgIpc) is 2.27. The van der Waals surface area contributed by atoms with Crippen molar-refractivity contribution in [2.24, 2.45) is 11.3 Å². The van der Waals surface area contributed by atoms with Gasteiger partial charge in [0.25, 0.3) is 0 Å². The van der Waals surface area contributed by atoms with Crippen molar-refractivity contribution < 1.29 is 4.79 Å². The van der Waals surface area contributed by atoms with Crippen LogP contribution < -0.4 is 0 Å². The number of allylic oxidation sites excluding steroid dienone is 2. The van der Waals surface area contributed by atoms with Crippen molar-refractivity contribution in [2.75, 3.05) is 0 Å². The van der Waals surface area contributed by atoms with Crippen LogP contribution in [-0.2, 0) is 4.79 Å². The van der Waals surface area contributed by atoms with Crippen LogP contribution in [0.25, 0.3) is 0 Å². The zero-order chi connectivity index (χ0) is 10.9. The van der Waals surface area contributed by atoms with E-state index in [1.165, 1.54) is 5.57 Å². The maximum Gasteiger partial charge on any atom is 0.159 e. The maximum absolute atomic E-state index is 11.7. The summed E-state index contributed by atoms with van der Waals surface area (Å²) in [5.41, 5.74) is 2.77. The number of hydrogen-bond donors (Lipinski definition) is 0. The van der Waals surface area contributed by atoms with E-state index in [1.807, 2.05) is 0 Å². The number of Topliss-reactive ketones (excluding diaryl/α,β-unsaturated/α-hetero) is 1. The van der Waals surface area contributed by atoms with E-state index >= 15 is 0 Å². The predicted octanol–water partition coefficient (Wildman–Crippen LogP) is 3.74. The molecular weight excluding hydrogens is 172 g/mol. The minimum atomic E-state index is 0.315. The van der Waals surface area contributed by atoms with Gasteiger partial charge in [0.2, 0.25) is 0 Å². The molecule has 0 bridgehead atoms. The van der Waals surface area contributed by atoms with Gasteiger partial charge in [-0.15, -0.1) is 0 Å². The predicted molar refractivity (Wildman–Crippen MR) is 60.2 cm³/mol. The molecular formula is C13H22O. The topological polar surface area (TPSA) is 17.1 Å². The lowest BCUT2D eigenvalue weighted by Gasteiger charge is -2.24. The first-order chi connectivity index (χ1) is 6.31. The second kappa shape index (κ2) is 3.88. The van der Waals surface area contributed by atoms with E-state index in [0.29, 0.717) is 17.1 Å². The van der Waals surface area contributed by atoms with E-state index in [4.69, 9.17) is 0 Å². The van der Waals surface area contributed by atoms with Crippen molar-refractivity contribution in [3.8, 4) is 0 Å². The number of hydrogen-bond acceptors (Lipinski definition) is 1. The highest BCUT2D eigenvalue weighted by Gasteiger charge is 2.27. The van der Waals surface area contributed by atoms with Gasteiger partial charge in [-0.2, -0.15) is 0 Å². The fourth-order valence-corrected chi connectivity index (χ4v) is 2.52. The SMILES string of the molecule is CC1=C(C(C)CC(C)(C)C)C(=O)CC1. The van der Waals surface area contributed by atoms with Crippen LogP contribution in [0.1, 0.15) is 53.9 Å². The summed E-state index contributed by atoms with van der Waals surface area (Å²) in [6, 6.07) is 0. The first-order valence-electron chi connectivity index (χ1n) is 5.54. The molecule has 0 heterocycles. The monoisotopic (exact) mass is 194 g/mol. The Labute approximate surface area is 87.6 Å². The Morgan fingerprint density at radius 3 is 2.21 bits per heavy atom. The highest BCUT2D eigenvalue weighted by molar-refractivity contribution is 5.98. The third-order valence-corrected chi connectivity index (χ3v) is 2.90. The van der Waals surface area contributed by atoms with Crippen molar-refractivity contribution in [1.82, 2.24) is 0 Å². The molecule has 1 aliphatic carbocycles. The number of carbonyl (C=O) groups excluding carboxylic acids is 1. The fourth-order valence-electron chi connectivity index (χ4n) is 2.52. The first-order valence-corrected chi connectivity index (χ1v) is 5.54. The summed E-state index contributed by atoms with van der Waals surface area (Å²) in [5.74, 6) is 0.823. The summed E-state index contributed by atoms with van der Waals surface area (Å²) >= 11 is 0. The molecule has 0 aromatic heterocycles. The fraction of sp³-hybridized carbons (Fsp3) is 0.769. The number of carbonyl (C=O) groups is 1. The molecule has 0 saturated carbocycles. The molecule has 0 N–H and O–H groups in total. The molecule has 1 nitrogen and oxygen atoms in total. The summed E-state index contributed by atoms with van der Waals surface area (Å²) in [6.07, 6.45) is 2.84. The van der Waals surface area contributed by atoms with E-state index < -0.39 is 0 Å². The van der Waals surface area contributed by atoms with Gasteiger partial charge in [0.15, 0.2) is 5.78 Å². The van der Waals surface area contributed by atoms with Gasteiger partial charge in [-0.25, -0.2) is 0 Å². The van der Waals surface area contributed by atoms with E-state index in [2.05, 4.69) is 34.6 Å².